The van der Waals surface area contributed by atoms with Crippen LogP contribution in [-0.4, -0.2) is 23.1 Å². The van der Waals surface area contributed by atoms with E-state index in [0.29, 0.717) is 18.2 Å². The van der Waals surface area contributed by atoms with E-state index in [2.05, 4.69) is 27.0 Å². The first-order chi connectivity index (χ1) is 12.7. The zero-order valence-corrected chi connectivity index (χ0v) is 14.6. The van der Waals surface area contributed by atoms with E-state index < -0.39 is 0 Å². The summed E-state index contributed by atoms with van der Waals surface area (Å²) in [6.45, 7) is 0.452. The fraction of sp³-hybridized carbons (Fsp3) is 0.350. The minimum Gasteiger partial charge on any atom is -0.367 e. The van der Waals surface area contributed by atoms with Crippen molar-refractivity contribution in [1.29, 1.82) is 5.26 Å². The van der Waals surface area contributed by atoms with Crippen LogP contribution in [0.2, 0.25) is 0 Å². The number of hydrogen-bond donors (Lipinski definition) is 3. The molecule has 2 aromatic rings. The van der Waals surface area contributed by atoms with E-state index in [-0.39, 0.29) is 12.1 Å². The van der Waals surface area contributed by atoms with Crippen molar-refractivity contribution in [2.45, 2.75) is 44.3 Å². The molecule has 1 saturated carbocycles. The van der Waals surface area contributed by atoms with Crippen LogP contribution in [0.25, 0.3) is 0 Å². The van der Waals surface area contributed by atoms with Gasteiger partial charge in [0.1, 0.15) is 5.82 Å². The number of aromatic nitrogens is 1. The summed E-state index contributed by atoms with van der Waals surface area (Å²) in [7, 11) is 0. The molecule has 6 heteroatoms. The van der Waals surface area contributed by atoms with Crippen LogP contribution in [0.3, 0.4) is 0 Å². The van der Waals surface area contributed by atoms with Gasteiger partial charge in [-0.05, 0) is 55.5 Å². The third-order valence-corrected chi connectivity index (χ3v) is 4.62. The lowest BCUT2D eigenvalue weighted by atomic mass is 9.91. The SMILES string of the molecule is N#Cc1ccc(CNC(=O)NC2CCC(Nc3ccccn3)CC2)cc1. The zero-order valence-electron chi connectivity index (χ0n) is 14.6. The predicted octanol–water partition coefficient (Wildman–Crippen LogP) is 3.18. The molecule has 0 atom stereocenters. The summed E-state index contributed by atoms with van der Waals surface area (Å²) in [5.74, 6) is 0.907. The molecule has 1 fully saturated rings. The highest BCUT2D eigenvalue weighted by Crippen LogP contribution is 2.21. The average Bonchev–Trinajstić information content (AvgIpc) is 2.69. The van der Waals surface area contributed by atoms with Crippen molar-refractivity contribution in [3.63, 3.8) is 0 Å². The van der Waals surface area contributed by atoms with Gasteiger partial charge >= 0.3 is 6.03 Å². The molecule has 6 nitrogen and oxygen atoms in total. The second-order valence-corrected chi connectivity index (χ2v) is 6.54. The number of nitrogens with one attached hydrogen (secondary N) is 3. The van der Waals surface area contributed by atoms with Crippen LogP contribution in [0.4, 0.5) is 10.6 Å². The number of carbonyl (C=O) groups excluding carboxylic acids is 1. The topological polar surface area (TPSA) is 89.8 Å². The summed E-state index contributed by atoms with van der Waals surface area (Å²) < 4.78 is 0. The van der Waals surface area contributed by atoms with E-state index in [1.807, 2.05) is 30.3 Å². The van der Waals surface area contributed by atoms with E-state index in [1.165, 1.54) is 0 Å². The van der Waals surface area contributed by atoms with Crippen molar-refractivity contribution in [3.8, 4) is 6.07 Å². The Morgan fingerprint density at radius 3 is 2.46 bits per heavy atom. The Labute approximate surface area is 153 Å². The first-order valence-corrected chi connectivity index (χ1v) is 8.94. The van der Waals surface area contributed by atoms with Gasteiger partial charge in [-0.1, -0.05) is 18.2 Å². The lowest BCUT2D eigenvalue weighted by Crippen LogP contribution is -2.44. The van der Waals surface area contributed by atoms with Gasteiger partial charge in [0.15, 0.2) is 0 Å². The second kappa shape index (κ2) is 8.86. The van der Waals surface area contributed by atoms with E-state index in [1.54, 1.807) is 18.3 Å². The van der Waals surface area contributed by atoms with Gasteiger partial charge in [-0.25, -0.2) is 9.78 Å². The number of nitriles is 1. The Kier molecular flexibility index (Phi) is 6.05. The Bertz CT molecular complexity index is 746. The fourth-order valence-electron chi connectivity index (χ4n) is 3.16. The molecule has 0 unspecified atom stereocenters. The molecule has 0 aliphatic heterocycles. The maximum Gasteiger partial charge on any atom is 0.315 e. The largest absolute Gasteiger partial charge is 0.367 e. The minimum atomic E-state index is -0.143. The number of benzene rings is 1. The van der Waals surface area contributed by atoms with Crippen LogP contribution < -0.4 is 16.0 Å². The average molecular weight is 349 g/mol. The lowest BCUT2D eigenvalue weighted by Gasteiger charge is -2.30. The van der Waals surface area contributed by atoms with Crippen molar-refractivity contribution in [3.05, 3.63) is 59.8 Å². The van der Waals surface area contributed by atoms with Crippen molar-refractivity contribution < 1.29 is 4.79 Å². The zero-order chi connectivity index (χ0) is 18.2. The van der Waals surface area contributed by atoms with E-state index in [0.717, 1.165) is 37.1 Å². The van der Waals surface area contributed by atoms with Gasteiger partial charge < -0.3 is 16.0 Å². The number of urea groups is 1. The molecule has 0 bridgehead atoms. The van der Waals surface area contributed by atoms with Crippen LogP contribution in [0.5, 0.6) is 0 Å². The quantitative estimate of drug-likeness (QED) is 0.773. The molecule has 1 aromatic carbocycles. The normalized spacial score (nSPS) is 19.2. The molecule has 26 heavy (non-hydrogen) atoms. The highest BCUT2D eigenvalue weighted by atomic mass is 16.2. The Balaban J connectivity index is 1.37. The van der Waals surface area contributed by atoms with E-state index >= 15 is 0 Å². The third kappa shape index (κ3) is 5.21. The molecule has 2 amide bonds. The van der Waals surface area contributed by atoms with E-state index in [4.69, 9.17) is 5.26 Å². The summed E-state index contributed by atoms with van der Waals surface area (Å²) in [6, 6.07) is 15.6. The van der Waals surface area contributed by atoms with Crippen molar-refractivity contribution in [2.75, 3.05) is 5.32 Å². The van der Waals surface area contributed by atoms with Gasteiger partial charge in [-0.3, -0.25) is 0 Å². The number of nitrogens with zero attached hydrogens (tertiary/aromatic N) is 2. The number of hydrogen-bond acceptors (Lipinski definition) is 4. The molecular formula is C20H23N5O. The monoisotopic (exact) mass is 349 g/mol. The molecule has 0 radical (unpaired) electrons. The minimum absolute atomic E-state index is 0.143. The Morgan fingerprint density at radius 2 is 1.81 bits per heavy atom. The van der Waals surface area contributed by atoms with Crippen molar-refractivity contribution in [2.24, 2.45) is 0 Å². The standard InChI is InChI=1S/C20H23N5O/c21-13-15-4-6-16(7-5-15)14-23-20(26)25-18-10-8-17(9-11-18)24-19-3-1-2-12-22-19/h1-7,12,17-18H,8-11,14H2,(H,22,24)(H2,23,25,26). The van der Waals surface area contributed by atoms with Crippen LogP contribution in [-0.2, 0) is 6.54 Å². The molecule has 3 N–H and O–H groups in total. The van der Waals surface area contributed by atoms with Gasteiger partial charge in [0.05, 0.1) is 11.6 Å². The second-order valence-electron chi connectivity index (χ2n) is 6.54. The molecule has 1 aromatic heterocycles. The van der Waals surface area contributed by atoms with Gasteiger partial charge in [0.2, 0.25) is 0 Å². The third-order valence-electron chi connectivity index (χ3n) is 4.62. The lowest BCUT2D eigenvalue weighted by molar-refractivity contribution is 0.231. The molecule has 0 saturated heterocycles. The summed E-state index contributed by atoms with van der Waals surface area (Å²) >= 11 is 0. The highest BCUT2D eigenvalue weighted by Gasteiger charge is 2.22. The maximum absolute atomic E-state index is 12.1. The Morgan fingerprint density at radius 1 is 1.08 bits per heavy atom. The van der Waals surface area contributed by atoms with Gasteiger partial charge in [-0.2, -0.15) is 5.26 Å². The van der Waals surface area contributed by atoms with Crippen LogP contribution >= 0.6 is 0 Å². The Hall–Kier alpha value is -3.07. The predicted molar refractivity (Wildman–Crippen MR) is 100 cm³/mol. The van der Waals surface area contributed by atoms with Gasteiger partial charge in [-0.15, -0.1) is 0 Å². The van der Waals surface area contributed by atoms with E-state index in [9.17, 15) is 4.79 Å². The summed E-state index contributed by atoms with van der Waals surface area (Å²) in [4.78, 5) is 16.4. The van der Waals surface area contributed by atoms with Crippen LogP contribution in [0.15, 0.2) is 48.7 Å². The summed E-state index contributed by atoms with van der Waals surface area (Å²) in [6.07, 6.45) is 5.71. The van der Waals surface area contributed by atoms with Gasteiger partial charge in [0, 0.05) is 24.8 Å². The first-order valence-electron chi connectivity index (χ1n) is 8.94. The number of pyridine rings is 1. The van der Waals surface area contributed by atoms with Crippen molar-refractivity contribution in [1.82, 2.24) is 15.6 Å². The molecule has 3 rings (SSSR count). The van der Waals surface area contributed by atoms with Crippen LogP contribution in [0, 0.1) is 11.3 Å². The van der Waals surface area contributed by atoms with Crippen molar-refractivity contribution >= 4 is 11.8 Å². The maximum atomic E-state index is 12.1. The molecule has 1 aliphatic carbocycles. The summed E-state index contributed by atoms with van der Waals surface area (Å²) in [5, 5.41) is 18.2. The molecule has 1 heterocycles. The highest BCUT2D eigenvalue weighted by molar-refractivity contribution is 5.74. The number of rotatable bonds is 5. The first kappa shape index (κ1) is 17.7. The number of carbonyl (C=O) groups is 1. The molecule has 0 spiro atoms. The number of amides is 2. The summed E-state index contributed by atoms with van der Waals surface area (Å²) in [5.41, 5.74) is 1.59. The van der Waals surface area contributed by atoms with Gasteiger partial charge in [0.25, 0.3) is 0 Å². The molecule has 1 aliphatic rings. The smallest absolute Gasteiger partial charge is 0.315 e. The molecule has 134 valence electrons. The fourth-order valence-corrected chi connectivity index (χ4v) is 3.16. The number of anilines is 1. The molecular weight excluding hydrogens is 326 g/mol. The van der Waals surface area contributed by atoms with Crippen LogP contribution in [0.1, 0.15) is 36.8 Å².